The second-order valence-electron chi connectivity index (χ2n) is 6.53. The lowest BCUT2D eigenvalue weighted by Crippen LogP contribution is -2.46. The van der Waals surface area contributed by atoms with E-state index in [1.165, 1.54) is 6.42 Å². The van der Waals surface area contributed by atoms with E-state index < -0.39 is 0 Å². The number of nitrogens with two attached hydrogens (primary N) is 1. The van der Waals surface area contributed by atoms with Gasteiger partial charge >= 0.3 is 0 Å². The zero-order valence-corrected chi connectivity index (χ0v) is 14.2. The molecular weight excluding hydrogens is 300 g/mol. The molecule has 2 heterocycles. The van der Waals surface area contributed by atoms with Gasteiger partial charge in [0.2, 0.25) is 5.91 Å². The maximum absolute atomic E-state index is 12.5. The third-order valence-corrected chi connectivity index (χ3v) is 4.66. The van der Waals surface area contributed by atoms with Crippen molar-refractivity contribution in [3.63, 3.8) is 0 Å². The highest BCUT2D eigenvalue weighted by Gasteiger charge is 2.27. The van der Waals surface area contributed by atoms with E-state index in [9.17, 15) is 4.79 Å². The van der Waals surface area contributed by atoms with E-state index in [1.807, 2.05) is 41.3 Å². The molecule has 0 bridgehead atoms. The first-order valence-electron chi connectivity index (χ1n) is 8.50. The summed E-state index contributed by atoms with van der Waals surface area (Å²) in [6, 6.07) is 11.9. The number of carbonyl (C=O) groups is 1. The lowest BCUT2D eigenvalue weighted by molar-refractivity contribution is -0.131. The van der Waals surface area contributed by atoms with Crippen LogP contribution in [0.25, 0.3) is 17.4 Å². The number of anilines is 1. The van der Waals surface area contributed by atoms with Gasteiger partial charge in [-0.3, -0.25) is 4.79 Å². The van der Waals surface area contributed by atoms with Crippen LogP contribution < -0.4 is 5.73 Å². The number of carbonyl (C=O) groups excluding carboxylic acids is 1. The molecule has 1 aromatic heterocycles. The molecule has 0 radical (unpaired) electrons. The second-order valence-corrected chi connectivity index (χ2v) is 6.53. The van der Waals surface area contributed by atoms with Crippen molar-refractivity contribution in [3.8, 4) is 11.3 Å². The Labute approximate surface area is 142 Å². The number of likely N-dealkylation sites (tertiary alicyclic amines) is 1. The van der Waals surface area contributed by atoms with Gasteiger partial charge in [0.25, 0.3) is 0 Å². The third-order valence-electron chi connectivity index (χ3n) is 4.66. The smallest absolute Gasteiger partial charge is 0.247 e. The van der Waals surface area contributed by atoms with Crippen LogP contribution in [0, 0.1) is 0 Å². The number of piperidine rings is 1. The largest absolute Gasteiger partial charge is 0.457 e. The van der Waals surface area contributed by atoms with Crippen molar-refractivity contribution < 1.29 is 9.21 Å². The monoisotopic (exact) mass is 324 g/mol. The van der Waals surface area contributed by atoms with Crippen molar-refractivity contribution in [2.24, 2.45) is 0 Å². The predicted molar refractivity (Wildman–Crippen MR) is 97.2 cm³/mol. The standard InChI is InChI=1S/C20H24N2O2/c1-14-4-3-5-15(2)22(14)20(23)13-11-18-10-12-19(24-18)16-6-8-17(21)9-7-16/h6-15H,3-5,21H2,1-2H3/b13-11+. The van der Waals surface area contributed by atoms with Gasteiger partial charge in [-0.2, -0.15) is 0 Å². The van der Waals surface area contributed by atoms with Crippen molar-refractivity contribution in [2.45, 2.75) is 45.2 Å². The average molecular weight is 324 g/mol. The van der Waals surface area contributed by atoms with E-state index in [-0.39, 0.29) is 5.91 Å². The number of benzene rings is 1. The summed E-state index contributed by atoms with van der Waals surface area (Å²) in [6.45, 7) is 4.24. The van der Waals surface area contributed by atoms with Gasteiger partial charge in [-0.25, -0.2) is 0 Å². The number of furan rings is 1. The topological polar surface area (TPSA) is 59.5 Å². The number of nitrogens with zero attached hydrogens (tertiary/aromatic N) is 1. The molecule has 2 unspecified atom stereocenters. The van der Waals surface area contributed by atoms with Gasteiger partial charge in [-0.1, -0.05) is 0 Å². The zero-order valence-electron chi connectivity index (χ0n) is 14.2. The van der Waals surface area contributed by atoms with Crippen LogP contribution in [0.1, 0.15) is 38.9 Å². The molecule has 24 heavy (non-hydrogen) atoms. The van der Waals surface area contributed by atoms with E-state index in [1.54, 1.807) is 12.2 Å². The molecule has 3 rings (SSSR count). The molecule has 2 N–H and O–H groups in total. The summed E-state index contributed by atoms with van der Waals surface area (Å²) < 4.78 is 5.80. The Morgan fingerprint density at radius 3 is 2.46 bits per heavy atom. The molecule has 1 amide bonds. The van der Waals surface area contributed by atoms with Crippen molar-refractivity contribution >= 4 is 17.7 Å². The first-order chi connectivity index (χ1) is 11.5. The maximum atomic E-state index is 12.5. The Morgan fingerprint density at radius 2 is 1.79 bits per heavy atom. The van der Waals surface area contributed by atoms with E-state index >= 15 is 0 Å². The van der Waals surface area contributed by atoms with Gasteiger partial charge in [-0.15, -0.1) is 0 Å². The second kappa shape index (κ2) is 6.95. The normalized spacial score (nSPS) is 21.3. The minimum Gasteiger partial charge on any atom is -0.457 e. The van der Waals surface area contributed by atoms with Crippen LogP contribution in [-0.2, 0) is 4.79 Å². The highest BCUT2D eigenvalue weighted by Crippen LogP contribution is 2.25. The molecule has 0 saturated carbocycles. The third kappa shape index (κ3) is 3.53. The lowest BCUT2D eigenvalue weighted by atomic mass is 9.97. The van der Waals surface area contributed by atoms with Crippen LogP contribution in [0.3, 0.4) is 0 Å². The molecule has 1 saturated heterocycles. The SMILES string of the molecule is CC1CCCC(C)N1C(=O)/C=C/c1ccc(-c2ccc(N)cc2)o1. The molecule has 4 heteroatoms. The van der Waals surface area contributed by atoms with Crippen LogP contribution in [-0.4, -0.2) is 22.9 Å². The summed E-state index contributed by atoms with van der Waals surface area (Å²) in [5.41, 5.74) is 7.39. The van der Waals surface area contributed by atoms with Crippen LogP contribution in [0.2, 0.25) is 0 Å². The van der Waals surface area contributed by atoms with Crippen molar-refractivity contribution in [2.75, 3.05) is 5.73 Å². The van der Waals surface area contributed by atoms with Crippen molar-refractivity contribution in [3.05, 3.63) is 48.2 Å². The van der Waals surface area contributed by atoms with E-state index in [4.69, 9.17) is 10.2 Å². The zero-order chi connectivity index (χ0) is 17.1. The lowest BCUT2D eigenvalue weighted by Gasteiger charge is -2.38. The maximum Gasteiger partial charge on any atom is 0.247 e. The number of amides is 1. The fourth-order valence-corrected chi connectivity index (χ4v) is 3.34. The summed E-state index contributed by atoms with van der Waals surface area (Å²) in [5.74, 6) is 1.49. The van der Waals surface area contributed by atoms with Crippen LogP contribution in [0.5, 0.6) is 0 Å². The molecular formula is C20H24N2O2. The Balaban J connectivity index is 1.70. The Hall–Kier alpha value is -2.49. The van der Waals surface area contributed by atoms with Gasteiger partial charge < -0.3 is 15.1 Å². The summed E-state index contributed by atoms with van der Waals surface area (Å²) in [5, 5.41) is 0. The fraction of sp³-hybridized carbons (Fsp3) is 0.350. The fourth-order valence-electron chi connectivity index (χ4n) is 3.34. The van der Waals surface area contributed by atoms with Gasteiger partial charge in [0, 0.05) is 29.4 Å². The number of hydrogen-bond donors (Lipinski definition) is 1. The predicted octanol–water partition coefficient (Wildman–Crippen LogP) is 4.33. The van der Waals surface area contributed by atoms with Gasteiger partial charge in [0.1, 0.15) is 11.5 Å². The van der Waals surface area contributed by atoms with Crippen LogP contribution in [0.15, 0.2) is 46.9 Å². The first kappa shape index (κ1) is 16.4. The average Bonchev–Trinajstić information content (AvgIpc) is 3.02. The Morgan fingerprint density at radius 1 is 1.12 bits per heavy atom. The van der Waals surface area contributed by atoms with Gasteiger partial charge in [-0.05, 0) is 75.6 Å². The van der Waals surface area contributed by atoms with E-state index in [2.05, 4.69) is 13.8 Å². The van der Waals surface area contributed by atoms with Crippen LogP contribution in [0.4, 0.5) is 5.69 Å². The molecule has 0 aliphatic carbocycles. The molecule has 2 atom stereocenters. The Bertz CT molecular complexity index is 720. The number of nitrogen functional groups attached to an aromatic ring is 1. The van der Waals surface area contributed by atoms with Crippen LogP contribution >= 0.6 is 0 Å². The molecule has 126 valence electrons. The molecule has 1 fully saturated rings. The number of rotatable bonds is 3. The molecule has 1 aliphatic heterocycles. The van der Waals surface area contributed by atoms with E-state index in [0.717, 1.165) is 29.9 Å². The molecule has 2 aromatic rings. The van der Waals surface area contributed by atoms with Gasteiger partial charge in [0.15, 0.2) is 0 Å². The van der Waals surface area contributed by atoms with Gasteiger partial charge in [0.05, 0.1) is 0 Å². The first-order valence-corrected chi connectivity index (χ1v) is 8.50. The quantitative estimate of drug-likeness (QED) is 0.675. The van der Waals surface area contributed by atoms with E-state index in [0.29, 0.717) is 17.8 Å². The summed E-state index contributed by atoms with van der Waals surface area (Å²) in [6.07, 6.45) is 6.71. The minimum atomic E-state index is 0.0557. The Kier molecular flexibility index (Phi) is 4.74. The molecule has 1 aromatic carbocycles. The summed E-state index contributed by atoms with van der Waals surface area (Å²) in [4.78, 5) is 14.5. The minimum absolute atomic E-state index is 0.0557. The molecule has 0 spiro atoms. The van der Waals surface area contributed by atoms with Crippen molar-refractivity contribution in [1.82, 2.24) is 4.90 Å². The highest BCUT2D eigenvalue weighted by atomic mass is 16.3. The summed E-state index contributed by atoms with van der Waals surface area (Å²) in [7, 11) is 0. The molecule has 1 aliphatic rings. The van der Waals surface area contributed by atoms with Crippen molar-refractivity contribution in [1.29, 1.82) is 0 Å². The highest BCUT2D eigenvalue weighted by molar-refractivity contribution is 5.92. The molecule has 4 nitrogen and oxygen atoms in total. The number of hydrogen-bond acceptors (Lipinski definition) is 3. The summed E-state index contributed by atoms with van der Waals surface area (Å²) >= 11 is 0.